The van der Waals surface area contributed by atoms with E-state index in [1.54, 1.807) is 6.92 Å². The van der Waals surface area contributed by atoms with Crippen molar-refractivity contribution in [3.8, 4) is 0 Å². The number of aromatic carboxylic acids is 1. The molecule has 0 radical (unpaired) electrons. The van der Waals surface area contributed by atoms with Gasteiger partial charge in [0.1, 0.15) is 16.7 Å². The number of carbonyl (C=O) groups is 2. The summed E-state index contributed by atoms with van der Waals surface area (Å²) in [7, 11) is 0. The lowest BCUT2D eigenvalue weighted by molar-refractivity contribution is -0.307. The number of aromatic nitrogens is 2. The molecule has 4 heterocycles. The van der Waals surface area contributed by atoms with Gasteiger partial charge in [-0.25, -0.2) is 9.78 Å². The van der Waals surface area contributed by atoms with E-state index in [0.717, 1.165) is 11.3 Å². The zero-order valence-electron chi connectivity index (χ0n) is 18.0. The van der Waals surface area contributed by atoms with Crippen LogP contribution in [0.3, 0.4) is 0 Å². The van der Waals surface area contributed by atoms with E-state index in [0.29, 0.717) is 48.6 Å². The molecule has 1 atom stereocenters. The highest BCUT2D eigenvalue weighted by Gasteiger charge is 2.50. The number of anilines is 1. The van der Waals surface area contributed by atoms with Crippen molar-refractivity contribution in [2.45, 2.75) is 38.2 Å². The lowest BCUT2D eigenvalue weighted by Gasteiger charge is -2.50. The molecule has 3 N–H and O–H groups in total. The zero-order chi connectivity index (χ0) is 23.8. The maximum Gasteiger partial charge on any atom is 0.347 e. The van der Waals surface area contributed by atoms with Crippen LogP contribution in [0, 0.1) is 6.92 Å². The number of aryl methyl sites for hydroxylation is 1. The molecule has 180 valence electrons. The highest BCUT2D eigenvalue weighted by Crippen LogP contribution is 2.35. The molecule has 2 aliphatic rings. The van der Waals surface area contributed by atoms with Gasteiger partial charge in [0.15, 0.2) is 5.13 Å². The van der Waals surface area contributed by atoms with Crippen molar-refractivity contribution in [2.75, 3.05) is 37.8 Å². The zero-order valence-corrected chi connectivity index (χ0v) is 20.4. The topological polar surface area (TPSA) is 126 Å². The van der Waals surface area contributed by atoms with Crippen LogP contribution in [0.15, 0.2) is 6.20 Å². The molecule has 13 heteroatoms. The number of halogens is 2. The van der Waals surface area contributed by atoms with Gasteiger partial charge < -0.3 is 34.5 Å². The highest BCUT2D eigenvalue weighted by atomic mass is 35.5. The molecule has 2 aromatic heterocycles. The van der Waals surface area contributed by atoms with Crippen LogP contribution in [0.4, 0.5) is 5.13 Å². The van der Waals surface area contributed by atoms with Crippen LogP contribution in [0.25, 0.3) is 0 Å². The summed E-state index contributed by atoms with van der Waals surface area (Å²) in [5.74, 6) is -2.62. The fraction of sp³-hybridized carbons (Fsp3) is 0.550. The summed E-state index contributed by atoms with van der Waals surface area (Å²) in [6, 6.07) is -0.499. The number of carbonyl (C=O) groups excluding carboxylic acids is 1. The average Bonchev–Trinajstić information content (AvgIpc) is 3.39. The lowest BCUT2D eigenvalue weighted by atomic mass is 9.96. The Morgan fingerprint density at radius 1 is 1.39 bits per heavy atom. The molecule has 33 heavy (non-hydrogen) atoms. The Bertz CT molecular complexity index is 1040. The van der Waals surface area contributed by atoms with E-state index in [9.17, 15) is 14.7 Å². The number of nitrogens with one attached hydrogen (secondary N) is 2. The Kier molecular flexibility index (Phi) is 7.18. The predicted molar refractivity (Wildman–Crippen MR) is 123 cm³/mol. The van der Waals surface area contributed by atoms with Crippen molar-refractivity contribution >= 4 is 51.5 Å². The van der Waals surface area contributed by atoms with Gasteiger partial charge in [0, 0.05) is 18.8 Å². The second-order valence-corrected chi connectivity index (χ2v) is 9.58. The van der Waals surface area contributed by atoms with Gasteiger partial charge in [0.05, 0.1) is 42.0 Å². The summed E-state index contributed by atoms with van der Waals surface area (Å²) < 4.78 is 18.0. The van der Waals surface area contributed by atoms with E-state index in [1.807, 2.05) is 11.8 Å². The van der Waals surface area contributed by atoms with Crippen LogP contribution in [0.2, 0.25) is 10.0 Å². The number of carboxylic acids is 1. The molecule has 2 aromatic rings. The molecule has 0 aromatic carbocycles. The molecule has 2 fully saturated rings. The largest absolute Gasteiger partial charge is 0.477 e. The summed E-state index contributed by atoms with van der Waals surface area (Å²) in [4.78, 5) is 33.5. The van der Waals surface area contributed by atoms with Gasteiger partial charge in [-0.15, -0.1) is 0 Å². The van der Waals surface area contributed by atoms with Gasteiger partial charge in [0.25, 0.3) is 5.91 Å². The van der Waals surface area contributed by atoms with Crippen LogP contribution in [-0.4, -0.2) is 77.8 Å². The number of amides is 1. The molecule has 1 amide bonds. The Morgan fingerprint density at radius 2 is 2.12 bits per heavy atom. The first-order valence-electron chi connectivity index (χ1n) is 10.4. The summed E-state index contributed by atoms with van der Waals surface area (Å²) in [5.41, 5.74) is 0.768. The standard InChI is InChI=1S/C20H24Cl2N4O6S/c1-3-30-11-7-31-20(32-8-11)9-26(19-23-6-12(33-19)18(28)29)5-4-13(20)25-17(27)16-15(22)14(21)10(2)24-16/h6,11,13,24H,3-5,7-9H2,1-2H3,(H,25,27)(H,28,29). The number of thiazole rings is 1. The molecular formula is C20H24Cl2N4O6S. The number of H-pyrrole nitrogens is 1. The Balaban J connectivity index is 1.56. The van der Waals surface area contributed by atoms with Gasteiger partial charge in [0.2, 0.25) is 5.79 Å². The summed E-state index contributed by atoms with van der Waals surface area (Å²) in [6.07, 6.45) is 1.58. The number of hydrogen-bond acceptors (Lipinski definition) is 8. The molecule has 2 aliphatic heterocycles. The third-order valence-electron chi connectivity index (χ3n) is 5.62. The fourth-order valence-corrected chi connectivity index (χ4v) is 5.15. The Labute approximate surface area is 204 Å². The molecule has 10 nitrogen and oxygen atoms in total. The quantitative estimate of drug-likeness (QED) is 0.532. The second-order valence-electron chi connectivity index (χ2n) is 7.81. The first-order chi connectivity index (χ1) is 15.7. The SMILES string of the molecule is CCOC1COC2(CN(c3ncc(C(=O)O)s3)CCC2NC(=O)c2[nH]c(C)c(Cl)c2Cl)OC1. The third-order valence-corrected chi connectivity index (χ3v) is 7.61. The average molecular weight is 519 g/mol. The molecule has 1 unspecified atom stereocenters. The summed E-state index contributed by atoms with van der Waals surface area (Å²) in [5, 5.41) is 13.2. The van der Waals surface area contributed by atoms with E-state index >= 15 is 0 Å². The van der Waals surface area contributed by atoms with Crippen LogP contribution in [-0.2, 0) is 14.2 Å². The van der Waals surface area contributed by atoms with Gasteiger partial charge >= 0.3 is 5.97 Å². The summed E-state index contributed by atoms with van der Waals surface area (Å²) >= 11 is 13.4. The van der Waals surface area contributed by atoms with Crippen molar-refractivity contribution in [1.29, 1.82) is 0 Å². The number of piperidine rings is 1. The molecule has 1 spiro atoms. The molecule has 4 rings (SSSR count). The van der Waals surface area contributed by atoms with Gasteiger partial charge in [-0.1, -0.05) is 34.5 Å². The molecule has 2 saturated heterocycles. The Hall–Kier alpha value is -1.89. The first-order valence-corrected chi connectivity index (χ1v) is 12.0. The minimum Gasteiger partial charge on any atom is -0.477 e. The van der Waals surface area contributed by atoms with Crippen molar-refractivity contribution < 1.29 is 28.9 Å². The van der Waals surface area contributed by atoms with Crippen molar-refractivity contribution in [2.24, 2.45) is 0 Å². The number of aromatic amines is 1. The van der Waals surface area contributed by atoms with E-state index in [2.05, 4.69) is 15.3 Å². The third kappa shape index (κ3) is 4.84. The first kappa shape index (κ1) is 24.2. The van der Waals surface area contributed by atoms with Crippen molar-refractivity contribution in [1.82, 2.24) is 15.3 Å². The van der Waals surface area contributed by atoms with E-state index < -0.39 is 23.7 Å². The van der Waals surface area contributed by atoms with Gasteiger partial charge in [-0.3, -0.25) is 4.79 Å². The summed E-state index contributed by atoms with van der Waals surface area (Å²) in [6.45, 7) is 5.50. The molecule has 0 saturated carbocycles. The molecule has 0 bridgehead atoms. The van der Waals surface area contributed by atoms with E-state index in [-0.39, 0.29) is 28.2 Å². The molecule has 0 aliphatic carbocycles. The maximum atomic E-state index is 13.0. The van der Waals surface area contributed by atoms with Crippen molar-refractivity contribution in [3.63, 3.8) is 0 Å². The minimum absolute atomic E-state index is 0.144. The highest BCUT2D eigenvalue weighted by molar-refractivity contribution is 7.17. The smallest absolute Gasteiger partial charge is 0.347 e. The fourth-order valence-electron chi connectivity index (χ4n) is 3.96. The maximum absolute atomic E-state index is 13.0. The minimum atomic E-state index is -1.17. The monoisotopic (exact) mass is 518 g/mol. The number of rotatable bonds is 6. The van der Waals surface area contributed by atoms with Gasteiger partial charge in [-0.2, -0.15) is 0 Å². The van der Waals surface area contributed by atoms with Crippen LogP contribution < -0.4 is 10.2 Å². The normalized spacial score (nSPS) is 25.4. The molecular weight excluding hydrogens is 495 g/mol. The lowest BCUT2D eigenvalue weighted by Crippen LogP contribution is -2.68. The van der Waals surface area contributed by atoms with Crippen LogP contribution in [0.1, 0.15) is 39.2 Å². The Morgan fingerprint density at radius 3 is 2.70 bits per heavy atom. The number of hydrogen-bond donors (Lipinski definition) is 3. The number of ether oxygens (including phenoxy) is 3. The second kappa shape index (κ2) is 9.77. The van der Waals surface area contributed by atoms with Gasteiger partial charge in [-0.05, 0) is 20.3 Å². The van der Waals surface area contributed by atoms with Crippen LogP contribution >= 0.6 is 34.5 Å². The van der Waals surface area contributed by atoms with E-state index in [1.165, 1.54) is 6.20 Å². The van der Waals surface area contributed by atoms with E-state index in [4.69, 9.17) is 37.4 Å². The van der Waals surface area contributed by atoms with Crippen LogP contribution in [0.5, 0.6) is 0 Å². The predicted octanol–water partition coefficient (Wildman–Crippen LogP) is 2.94. The number of carboxylic acid groups (broad SMARTS) is 1. The number of nitrogens with zero attached hydrogens (tertiary/aromatic N) is 2. The van der Waals surface area contributed by atoms with Crippen molar-refractivity contribution in [3.05, 3.63) is 32.5 Å².